The fourth-order valence-electron chi connectivity index (χ4n) is 4.85. The Bertz CT molecular complexity index is 1190. The van der Waals surface area contributed by atoms with Crippen LogP contribution in [0.1, 0.15) is 39.2 Å². The van der Waals surface area contributed by atoms with E-state index in [2.05, 4.69) is 22.1 Å². The average Bonchev–Trinajstić information content (AvgIpc) is 2.90. The fraction of sp³-hybridized carbons (Fsp3) is 0.556. The molecular formula is C27H41ClN8O3. The highest BCUT2D eigenvalue weighted by Gasteiger charge is 2.31. The van der Waals surface area contributed by atoms with Crippen LogP contribution in [0.25, 0.3) is 5.69 Å². The molecule has 1 aromatic carbocycles. The molecule has 2 fully saturated rings. The minimum absolute atomic E-state index is 0. The number of urea groups is 1. The standard InChI is InChI=1S/C27H40N8O3.ClH/c1-26(2,29)23(36)33-14-16-34(17-15-33)24(37)30-22-8-11-35(25(38)31-22)21-6-4-20(5-7-21)18-32-12-9-27(3,19-28)10-13-32;/h4-8,11H,9-10,12-19,28-29H2,1-3H3,(H,30,31,37,38);1H. The predicted molar refractivity (Wildman–Crippen MR) is 154 cm³/mol. The first kappa shape index (κ1) is 30.6. The monoisotopic (exact) mass is 560 g/mol. The summed E-state index contributed by atoms with van der Waals surface area (Å²) in [5.41, 5.74) is 12.5. The van der Waals surface area contributed by atoms with Gasteiger partial charge in [-0.1, -0.05) is 19.1 Å². The van der Waals surface area contributed by atoms with Gasteiger partial charge in [-0.05, 0) is 75.5 Å². The zero-order valence-corrected chi connectivity index (χ0v) is 23.9. The number of rotatable bonds is 6. The van der Waals surface area contributed by atoms with Crippen LogP contribution in [0.15, 0.2) is 41.3 Å². The number of nitrogens with zero attached hydrogens (tertiary/aromatic N) is 5. The lowest BCUT2D eigenvalue weighted by Gasteiger charge is -2.38. The van der Waals surface area contributed by atoms with Crippen molar-refractivity contribution in [2.75, 3.05) is 51.1 Å². The molecule has 3 heterocycles. The van der Waals surface area contributed by atoms with Crippen LogP contribution < -0.4 is 22.5 Å². The second-order valence-corrected chi connectivity index (χ2v) is 11.4. The van der Waals surface area contributed by atoms with Crippen LogP contribution in [-0.4, -0.2) is 87.5 Å². The molecule has 11 nitrogen and oxygen atoms in total. The number of nitrogens with one attached hydrogen (secondary N) is 1. The Labute approximate surface area is 235 Å². The SMILES string of the molecule is CC1(CN)CCN(Cc2ccc(-n3ccc(NC(=O)N4CCN(C(=O)C(C)(C)N)CC4)nc3=O)cc2)CC1.Cl. The Hall–Kier alpha value is -2.99. The van der Waals surface area contributed by atoms with Crippen LogP contribution in [0.2, 0.25) is 0 Å². The first-order chi connectivity index (χ1) is 18.0. The van der Waals surface area contributed by atoms with E-state index in [0.717, 1.165) is 39.0 Å². The van der Waals surface area contributed by atoms with Crippen LogP contribution in [0.4, 0.5) is 10.6 Å². The third-order valence-corrected chi connectivity index (χ3v) is 7.62. The Morgan fingerprint density at radius 3 is 2.13 bits per heavy atom. The zero-order valence-electron chi connectivity index (χ0n) is 23.1. The minimum atomic E-state index is -0.945. The van der Waals surface area contributed by atoms with Crippen molar-refractivity contribution in [1.29, 1.82) is 0 Å². The normalized spacial score (nSPS) is 17.9. The van der Waals surface area contributed by atoms with E-state index >= 15 is 0 Å². The number of piperazine rings is 1. The number of hydrogen-bond donors (Lipinski definition) is 3. The van der Waals surface area contributed by atoms with Gasteiger partial charge in [0.1, 0.15) is 5.82 Å². The third kappa shape index (κ3) is 7.57. The van der Waals surface area contributed by atoms with Gasteiger partial charge >= 0.3 is 11.7 Å². The summed E-state index contributed by atoms with van der Waals surface area (Å²) in [6.07, 6.45) is 3.82. The average molecular weight is 561 g/mol. The maximum atomic E-state index is 12.7. The smallest absolute Gasteiger partial charge is 0.338 e. The number of likely N-dealkylation sites (tertiary alicyclic amines) is 1. The molecule has 0 bridgehead atoms. The van der Waals surface area contributed by atoms with E-state index in [0.29, 0.717) is 31.9 Å². The Morgan fingerprint density at radius 2 is 1.59 bits per heavy atom. The lowest BCUT2D eigenvalue weighted by Crippen LogP contribution is -2.58. The molecule has 2 aromatic rings. The zero-order chi connectivity index (χ0) is 27.5. The van der Waals surface area contributed by atoms with Gasteiger partial charge in [0.25, 0.3) is 0 Å². The van der Waals surface area contributed by atoms with E-state index in [1.165, 1.54) is 10.1 Å². The van der Waals surface area contributed by atoms with Crippen molar-refractivity contribution in [3.63, 3.8) is 0 Å². The van der Waals surface area contributed by atoms with Crippen LogP contribution in [0.5, 0.6) is 0 Å². The first-order valence-corrected chi connectivity index (χ1v) is 13.2. The number of aromatic nitrogens is 2. The molecule has 0 atom stereocenters. The van der Waals surface area contributed by atoms with Crippen molar-refractivity contribution >= 4 is 30.2 Å². The summed E-state index contributed by atoms with van der Waals surface area (Å²) in [4.78, 5) is 47.5. The molecule has 4 rings (SSSR count). The molecule has 2 aliphatic rings. The van der Waals surface area contributed by atoms with Gasteiger partial charge in [0.15, 0.2) is 0 Å². The number of anilines is 1. The summed E-state index contributed by atoms with van der Waals surface area (Å²) in [5.74, 6) is 0.0430. The molecule has 3 amide bonds. The van der Waals surface area contributed by atoms with Gasteiger partial charge in [0.05, 0.1) is 11.2 Å². The van der Waals surface area contributed by atoms with Crippen molar-refractivity contribution in [2.24, 2.45) is 16.9 Å². The summed E-state index contributed by atoms with van der Waals surface area (Å²) >= 11 is 0. The topological polar surface area (TPSA) is 143 Å². The Balaban J connectivity index is 0.00000420. The molecule has 2 aliphatic heterocycles. The van der Waals surface area contributed by atoms with Crippen LogP contribution in [-0.2, 0) is 11.3 Å². The third-order valence-electron chi connectivity index (χ3n) is 7.62. The molecule has 0 saturated carbocycles. The van der Waals surface area contributed by atoms with Gasteiger partial charge in [0.2, 0.25) is 5.91 Å². The van der Waals surface area contributed by atoms with Crippen LogP contribution in [0, 0.1) is 5.41 Å². The van der Waals surface area contributed by atoms with Gasteiger partial charge in [-0.3, -0.25) is 19.6 Å². The maximum absolute atomic E-state index is 12.7. The number of benzene rings is 1. The van der Waals surface area contributed by atoms with Crippen molar-refractivity contribution < 1.29 is 9.59 Å². The molecule has 39 heavy (non-hydrogen) atoms. The second-order valence-electron chi connectivity index (χ2n) is 11.4. The summed E-state index contributed by atoms with van der Waals surface area (Å²) in [5, 5.41) is 2.69. The van der Waals surface area contributed by atoms with E-state index in [1.54, 1.807) is 35.9 Å². The first-order valence-electron chi connectivity index (χ1n) is 13.2. The van der Waals surface area contributed by atoms with Crippen LogP contribution in [0.3, 0.4) is 0 Å². The molecular weight excluding hydrogens is 520 g/mol. The predicted octanol–water partition coefficient (Wildman–Crippen LogP) is 1.63. The molecule has 0 aliphatic carbocycles. The van der Waals surface area contributed by atoms with Crippen molar-refractivity contribution in [1.82, 2.24) is 24.3 Å². The van der Waals surface area contributed by atoms with Crippen molar-refractivity contribution in [3.05, 3.63) is 52.6 Å². The van der Waals surface area contributed by atoms with E-state index in [1.807, 2.05) is 24.3 Å². The number of carbonyl (C=O) groups is 2. The number of piperidine rings is 1. The molecule has 2 saturated heterocycles. The highest BCUT2D eigenvalue weighted by atomic mass is 35.5. The molecule has 0 radical (unpaired) electrons. The van der Waals surface area contributed by atoms with Gasteiger partial charge in [0, 0.05) is 38.9 Å². The van der Waals surface area contributed by atoms with Gasteiger partial charge in [-0.2, -0.15) is 4.98 Å². The van der Waals surface area contributed by atoms with Gasteiger partial charge < -0.3 is 21.3 Å². The highest BCUT2D eigenvalue weighted by molar-refractivity contribution is 5.89. The maximum Gasteiger partial charge on any atom is 0.354 e. The summed E-state index contributed by atoms with van der Waals surface area (Å²) in [7, 11) is 0. The summed E-state index contributed by atoms with van der Waals surface area (Å²) < 4.78 is 1.45. The quantitative estimate of drug-likeness (QED) is 0.487. The number of halogens is 1. The number of nitrogens with two attached hydrogens (primary N) is 2. The molecule has 1 aromatic heterocycles. The van der Waals surface area contributed by atoms with E-state index < -0.39 is 11.2 Å². The number of amides is 3. The highest BCUT2D eigenvalue weighted by Crippen LogP contribution is 2.30. The fourth-order valence-corrected chi connectivity index (χ4v) is 4.85. The number of hydrogen-bond acceptors (Lipinski definition) is 7. The van der Waals surface area contributed by atoms with Crippen molar-refractivity contribution in [2.45, 2.75) is 45.7 Å². The molecule has 12 heteroatoms. The molecule has 0 spiro atoms. The molecule has 5 N–H and O–H groups in total. The summed E-state index contributed by atoms with van der Waals surface area (Å²) in [6.45, 7) is 10.8. The minimum Gasteiger partial charge on any atom is -0.338 e. The molecule has 214 valence electrons. The Kier molecular flexibility index (Phi) is 9.76. The van der Waals surface area contributed by atoms with Crippen LogP contribution >= 0.6 is 12.4 Å². The largest absolute Gasteiger partial charge is 0.354 e. The second kappa shape index (κ2) is 12.5. The Morgan fingerprint density at radius 1 is 1.00 bits per heavy atom. The van der Waals surface area contributed by atoms with E-state index in [9.17, 15) is 14.4 Å². The molecule has 0 unspecified atom stereocenters. The van der Waals surface area contributed by atoms with E-state index in [-0.39, 0.29) is 35.6 Å². The lowest BCUT2D eigenvalue weighted by atomic mass is 9.80. The van der Waals surface area contributed by atoms with Gasteiger partial charge in [-0.25, -0.2) is 9.59 Å². The summed E-state index contributed by atoms with van der Waals surface area (Å²) in [6, 6.07) is 9.13. The van der Waals surface area contributed by atoms with Crippen molar-refractivity contribution in [3.8, 4) is 5.69 Å². The number of carbonyl (C=O) groups excluding carboxylic acids is 2. The van der Waals surface area contributed by atoms with Gasteiger partial charge in [-0.15, -0.1) is 12.4 Å². The van der Waals surface area contributed by atoms with E-state index in [4.69, 9.17) is 11.5 Å². The lowest BCUT2D eigenvalue weighted by molar-refractivity contribution is -0.137.